The van der Waals surface area contributed by atoms with E-state index in [1.807, 2.05) is 0 Å². The van der Waals surface area contributed by atoms with Gasteiger partial charge in [-0.2, -0.15) is 0 Å². The number of aliphatic hydroxyl groups excluding tert-OH is 2. The van der Waals surface area contributed by atoms with Gasteiger partial charge < -0.3 is 37.0 Å². The Morgan fingerprint density at radius 2 is 1.47 bits per heavy atom. The highest BCUT2D eigenvalue weighted by molar-refractivity contribution is 5.94. The molecule has 178 valence electrons. The molecule has 0 aliphatic rings. The number of nitrogens with one attached hydrogen (secondary N) is 3. The van der Waals surface area contributed by atoms with Gasteiger partial charge in [-0.3, -0.25) is 14.4 Å². The van der Waals surface area contributed by atoms with Crippen molar-refractivity contribution in [3.05, 3.63) is 35.9 Å². The maximum Gasteiger partial charge on any atom is 0.326 e. The highest BCUT2D eigenvalue weighted by Crippen LogP contribution is 2.05. The molecule has 0 radical (unpaired) electrons. The molecule has 0 aromatic heterocycles. The number of hydrogen-bond donors (Lipinski definition) is 7. The summed E-state index contributed by atoms with van der Waals surface area (Å²) in [5.41, 5.74) is 6.42. The number of carbonyl (C=O) groups excluding carboxylic acids is 3. The molecule has 1 aromatic carbocycles. The Morgan fingerprint density at radius 1 is 0.906 bits per heavy atom. The molecular formula is C21H32N4O7. The van der Waals surface area contributed by atoms with Crippen LogP contribution in [0.4, 0.5) is 0 Å². The van der Waals surface area contributed by atoms with Gasteiger partial charge in [-0.15, -0.1) is 0 Å². The molecule has 0 heterocycles. The third-order valence-corrected chi connectivity index (χ3v) is 4.80. The first kappa shape index (κ1) is 27.0. The summed E-state index contributed by atoms with van der Waals surface area (Å²) in [5, 5.41) is 35.7. The van der Waals surface area contributed by atoms with Gasteiger partial charge in [0.2, 0.25) is 17.7 Å². The molecule has 1 aromatic rings. The summed E-state index contributed by atoms with van der Waals surface area (Å²) in [6, 6.07) is 3.45. The van der Waals surface area contributed by atoms with Crippen molar-refractivity contribution < 1.29 is 34.5 Å². The largest absolute Gasteiger partial charge is 0.480 e. The second-order valence-electron chi connectivity index (χ2n) is 7.83. The quantitative estimate of drug-likeness (QED) is 0.192. The standard InChI is InChI=1S/C21H32N4O7/c1-11(2)16(22)19(29)25-17(12(3)27)20(30)24-15(10-26)18(28)23-14(21(31)32)9-13-7-5-4-6-8-13/h4-8,11-12,14-17,26-27H,9-10,22H2,1-3H3,(H,23,28)(H,24,30)(H,25,29)(H,31,32). The monoisotopic (exact) mass is 452 g/mol. The van der Waals surface area contributed by atoms with Gasteiger partial charge in [-0.25, -0.2) is 4.79 Å². The molecule has 1 rings (SSSR count). The summed E-state index contributed by atoms with van der Waals surface area (Å²) in [6.07, 6.45) is -1.33. The van der Waals surface area contributed by atoms with Crippen LogP contribution in [-0.2, 0) is 25.6 Å². The molecule has 0 fully saturated rings. The number of rotatable bonds is 12. The Labute approximate surface area is 186 Å². The van der Waals surface area contributed by atoms with Gasteiger partial charge in [-0.1, -0.05) is 44.2 Å². The molecule has 3 amide bonds. The predicted octanol–water partition coefficient (Wildman–Crippen LogP) is -1.88. The first-order chi connectivity index (χ1) is 15.0. The van der Waals surface area contributed by atoms with Crippen molar-refractivity contribution in [2.75, 3.05) is 6.61 Å². The smallest absolute Gasteiger partial charge is 0.326 e. The molecule has 5 unspecified atom stereocenters. The first-order valence-corrected chi connectivity index (χ1v) is 10.2. The van der Waals surface area contributed by atoms with Crippen LogP contribution >= 0.6 is 0 Å². The first-order valence-electron chi connectivity index (χ1n) is 10.2. The van der Waals surface area contributed by atoms with Gasteiger partial charge in [0.05, 0.1) is 18.8 Å². The molecule has 0 saturated heterocycles. The number of nitrogens with two attached hydrogens (primary N) is 1. The van der Waals surface area contributed by atoms with Crippen molar-refractivity contribution in [2.45, 2.75) is 57.5 Å². The number of benzene rings is 1. The van der Waals surface area contributed by atoms with Crippen molar-refractivity contribution in [3.8, 4) is 0 Å². The Hall–Kier alpha value is -3.02. The molecular weight excluding hydrogens is 420 g/mol. The van der Waals surface area contributed by atoms with Crippen molar-refractivity contribution in [1.29, 1.82) is 0 Å². The van der Waals surface area contributed by atoms with Gasteiger partial charge in [0.1, 0.15) is 18.1 Å². The van der Waals surface area contributed by atoms with Crippen LogP contribution in [0.2, 0.25) is 0 Å². The van der Waals surface area contributed by atoms with Crippen molar-refractivity contribution in [2.24, 2.45) is 11.7 Å². The summed E-state index contributed by atoms with van der Waals surface area (Å²) >= 11 is 0. The van der Waals surface area contributed by atoms with Gasteiger partial charge >= 0.3 is 5.97 Å². The van der Waals surface area contributed by atoms with Crippen LogP contribution in [0.3, 0.4) is 0 Å². The lowest BCUT2D eigenvalue weighted by atomic mass is 10.0. The number of carboxylic acid groups (broad SMARTS) is 1. The summed E-state index contributed by atoms with van der Waals surface area (Å²) in [7, 11) is 0. The zero-order valence-corrected chi connectivity index (χ0v) is 18.3. The van der Waals surface area contributed by atoms with E-state index in [4.69, 9.17) is 5.73 Å². The number of carboxylic acids is 1. The van der Waals surface area contributed by atoms with Crippen LogP contribution in [0.1, 0.15) is 26.3 Å². The fourth-order valence-electron chi connectivity index (χ4n) is 2.74. The summed E-state index contributed by atoms with van der Waals surface area (Å²) in [4.78, 5) is 48.8. The molecule has 11 nitrogen and oxygen atoms in total. The maximum atomic E-state index is 12.6. The van der Waals surface area contributed by atoms with E-state index < -0.39 is 60.6 Å². The minimum absolute atomic E-state index is 0.00649. The van der Waals surface area contributed by atoms with Gasteiger partial charge in [-0.05, 0) is 18.4 Å². The van der Waals surface area contributed by atoms with E-state index in [1.54, 1.807) is 44.2 Å². The summed E-state index contributed by atoms with van der Waals surface area (Å²) < 4.78 is 0. The van der Waals surface area contributed by atoms with E-state index in [-0.39, 0.29) is 12.3 Å². The number of aliphatic carboxylic acids is 1. The summed E-state index contributed by atoms with van der Waals surface area (Å²) in [6.45, 7) is 3.85. The predicted molar refractivity (Wildman–Crippen MR) is 115 cm³/mol. The Morgan fingerprint density at radius 3 is 1.94 bits per heavy atom. The average Bonchev–Trinajstić information content (AvgIpc) is 2.74. The molecule has 11 heteroatoms. The fourth-order valence-corrected chi connectivity index (χ4v) is 2.74. The zero-order valence-electron chi connectivity index (χ0n) is 18.3. The SMILES string of the molecule is CC(C)C(N)C(=O)NC(C(=O)NC(CO)C(=O)NC(Cc1ccccc1)C(=O)O)C(C)O. The van der Waals surface area contributed by atoms with Crippen molar-refractivity contribution in [3.63, 3.8) is 0 Å². The zero-order chi connectivity index (χ0) is 24.4. The Bertz CT molecular complexity index is 786. The highest BCUT2D eigenvalue weighted by Gasteiger charge is 2.32. The number of amides is 3. The lowest BCUT2D eigenvalue weighted by molar-refractivity contribution is -0.142. The van der Waals surface area contributed by atoms with Crippen LogP contribution in [0.5, 0.6) is 0 Å². The average molecular weight is 453 g/mol. The van der Waals surface area contributed by atoms with E-state index >= 15 is 0 Å². The Balaban J connectivity index is 2.84. The second kappa shape index (κ2) is 12.7. The van der Waals surface area contributed by atoms with Crippen LogP contribution < -0.4 is 21.7 Å². The molecule has 0 spiro atoms. The van der Waals surface area contributed by atoms with Gasteiger partial charge in [0.15, 0.2) is 0 Å². The van der Waals surface area contributed by atoms with E-state index in [9.17, 15) is 34.5 Å². The number of carbonyl (C=O) groups is 4. The van der Waals surface area contributed by atoms with Gasteiger partial charge in [0, 0.05) is 6.42 Å². The highest BCUT2D eigenvalue weighted by atomic mass is 16.4. The summed E-state index contributed by atoms with van der Waals surface area (Å²) in [5.74, 6) is -4.05. The van der Waals surface area contributed by atoms with Crippen LogP contribution in [0.25, 0.3) is 0 Å². The van der Waals surface area contributed by atoms with E-state index in [0.29, 0.717) is 5.56 Å². The van der Waals surface area contributed by atoms with E-state index in [1.165, 1.54) is 6.92 Å². The lowest BCUT2D eigenvalue weighted by Gasteiger charge is -2.26. The molecule has 0 aliphatic heterocycles. The topological polar surface area (TPSA) is 191 Å². The molecule has 5 atom stereocenters. The van der Waals surface area contributed by atoms with E-state index in [0.717, 1.165) is 0 Å². The van der Waals surface area contributed by atoms with Crippen LogP contribution in [0, 0.1) is 5.92 Å². The normalized spacial score (nSPS) is 15.7. The lowest BCUT2D eigenvalue weighted by Crippen LogP contribution is -2.61. The Kier molecular flexibility index (Phi) is 10.8. The van der Waals surface area contributed by atoms with Gasteiger partial charge in [0.25, 0.3) is 0 Å². The van der Waals surface area contributed by atoms with Crippen LogP contribution in [0.15, 0.2) is 30.3 Å². The number of hydrogen-bond acceptors (Lipinski definition) is 7. The second-order valence-corrected chi connectivity index (χ2v) is 7.83. The molecule has 32 heavy (non-hydrogen) atoms. The third-order valence-electron chi connectivity index (χ3n) is 4.80. The minimum Gasteiger partial charge on any atom is -0.480 e. The van der Waals surface area contributed by atoms with Crippen molar-refractivity contribution in [1.82, 2.24) is 16.0 Å². The minimum atomic E-state index is -1.50. The number of aliphatic hydroxyl groups is 2. The maximum absolute atomic E-state index is 12.6. The molecule has 0 bridgehead atoms. The fraction of sp³-hybridized carbons (Fsp3) is 0.524. The molecule has 8 N–H and O–H groups in total. The molecule has 0 saturated carbocycles. The van der Waals surface area contributed by atoms with Crippen molar-refractivity contribution >= 4 is 23.7 Å². The van der Waals surface area contributed by atoms with Crippen LogP contribution in [-0.4, -0.2) is 75.9 Å². The van der Waals surface area contributed by atoms with E-state index in [2.05, 4.69) is 16.0 Å². The molecule has 0 aliphatic carbocycles. The third kappa shape index (κ3) is 8.25.